The molecule has 2 heterocycles. The predicted molar refractivity (Wildman–Crippen MR) is 88.4 cm³/mol. The van der Waals surface area contributed by atoms with Gasteiger partial charge in [0.25, 0.3) is 0 Å². The van der Waals surface area contributed by atoms with E-state index in [9.17, 15) is 4.79 Å². The molecule has 3 rings (SSSR count). The molecule has 0 aliphatic carbocycles. The van der Waals surface area contributed by atoms with Crippen molar-refractivity contribution in [2.45, 2.75) is 45.4 Å². The molecule has 1 aliphatic rings. The van der Waals surface area contributed by atoms with Crippen LogP contribution in [0.25, 0.3) is 10.9 Å². The van der Waals surface area contributed by atoms with Gasteiger partial charge >= 0.3 is 6.09 Å². The highest BCUT2D eigenvalue weighted by atomic mass is 16.6. The molecule has 2 aromatic rings. The second-order valence-electron chi connectivity index (χ2n) is 7.10. The number of hydrogen-bond donors (Lipinski definition) is 1. The van der Waals surface area contributed by atoms with Crippen molar-refractivity contribution >= 4 is 17.0 Å². The van der Waals surface area contributed by atoms with Gasteiger partial charge in [-0.2, -0.15) is 0 Å². The zero-order valence-corrected chi connectivity index (χ0v) is 13.6. The van der Waals surface area contributed by atoms with E-state index in [1.54, 1.807) is 4.90 Å². The first-order chi connectivity index (χ1) is 10.4. The van der Waals surface area contributed by atoms with Gasteiger partial charge in [-0.3, -0.25) is 0 Å². The number of piperidine rings is 1. The number of likely N-dealkylation sites (tertiary alicyclic amines) is 1. The molecular weight excluding hydrogens is 276 g/mol. The van der Waals surface area contributed by atoms with Crippen LogP contribution in [0, 0.1) is 0 Å². The number of carbonyl (C=O) groups excluding carboxylic acids is 1. The summed E-state index contributed by atoms with van der Waals surface area (Å²) in [6.45, 7) is 8.14. The van der Waals surface area contributed by atoms with E-state index in [2.05, 4.69) is 31.8 Å². The first kappa shape index (κ1) is 14.9. The fraction of sp³-hybridized carbons (Fsp3) is 0.500. The molecule has 0 spiro atoms. The van der Waals surface area contributed by atoms with Gasteiger partial charge in [-0.05, 0) is 43.5 Å². The molecule has 1 aliphatic heterocycles. The summed E-state index contributed by atoms with van der Waals surface area (Å²) in [6.07, 6.45) is 3.11. The van der Waals surface area contributed by atoms with Crippen LogP contribution in [0.1, 0.15) is 45.7 Å². The Morgan fingerprint density at radius 3 is 2.55 bits per heavy atom. The van der Waals surface area contributed by atoms with Crippen LogP contribution in [0.15, 0.2) is 24.3 Å². The first-order valence-electron chi connectivity index (χ1n) is 8.03. The molecule has 1 aromatic heterocycles. The summed E-state index contributed by atoms with van der Waals surface area (Å²) in [5.41, 5.74) is 2.33. The van der Waals surface area contributed by atoms with Gasteiger partial charge in [-0.1, -0.05) is 20.8 Å². The van der Waals surface area contributed by atoms with Crippen molar-refractivity contribution in [3.05, 3.63) is 30.0 Å². The minimum atomic E-state index is -0.231. The minimum absolute atomic E-state index is 0.0731. The molecule has 22 heavy (non-hydrogen) atoms. The van der Waals surface area contributed by atoms with Crippen molar-refractivity contribution < 1.29 is 9.53 Å². The molecule has 0 atom stereocenters. The number of nitrogens with zero attached hydrogens (tertiary/aromatic N) is 1. The summed E-state index contributed by atoms with van der Waals surface area (Å²) in [7, 11) is 0. The van der Waals surface area contributed by atoms with Gasteiger partial charge < -0.3 is 14.6 Å². The molecule has 4 nitrogen and oxygen atoms in total. The molecule has 1 saturated heterocycles. The number of aromatic amines is 1. The Kier molecular flexibility index (Phi) is 3.85. The Bertz CT molecular complexity index is 676. The van der Waals surface area contributed by atoms with Crippen LogP contribution in [-0.4, -0.2) is 29.1 Å². The molecule has 4 heteroatoms. The molecule has 1 aromatic carbocycles. The fourth-order valence-corrected chi connectivity index (χ4v) is 2.82. The van der Waals surface area contributed by atoms with Gasteiger partial charge in [0.1, 0.15) is 5.75 Å². The third-order valence-corrected chi connectivity index (χ3v) is 4.22. The topological polar surface area (TPSA) is 45.3 Å². The third kappa shape index (κ3) is 3.11. The van der Waals surface area contributed by atoms with Gasteiger partial charge in [0, 0.05) is 35.1 Å². The number of benzene rings is 1. The maximum atomic E-state index is 12.2. The second kappa shape index (κ2) is 5.67. The Morgan fingerprint density at radius 2 is 1.86 bits per heavy atom. The molecule has 1 N–H and O–H groups in total. The first-order valence-corrected chi connectivity index (χ1v) is 8.03. The molecule has 1 fully saturated rings. The van der Waals surface area contributed by atoms with Crippen LogP contribution in [0.5, 0.6) is 5.75 Å². The third-order valence-electron chi connectivity index (χ3n) is 4.22. The Hall–Kier alpha value is -1.97. The highest BCUT2D eigenvalue weighted by molar-refractivity contribution is 5.83. The van der Waals surface area contributed by atoms with E-state index in [1.807, 2.05) is 18.2 Å². The minimum Gasteiger partial charge on any atom is -0.410 e. The summed E-state index contributed by atoms with van der Waals surface area (Å²) in [4.78, 5) is 17.4. The number of carbonyl (C=O) groups is 1. The standard InChI is InChI=1S/C18H24N2O2/c1-18(2,3)16-12-13-11-14(7-8-15(13)19-16)22-17(21)20-9-5-4-6-10-20/h7-8,11-12,19H,4-6,9-10H2,1-3H3. The molecule has 0 unspecified atom stereocenters. The summed E-state index contributed by atoms with van der Waals surface area (Å²) >= 11 is 0. The molecule has 0 radical (unpaired) electrons. The van der Waals surface area contributed by atoms with Gasteiger partial charge in [-0.15, -0.1) is 0 Å². The SMILES string of the molecule is CC(C)(C)c1cc2cc(OC(=O)N3CCCCC3)ccc2[nH]1. The van der Waals surface area contributed by atoms with Gasteiger partial charge in [-0.25, -0.2) is 4.79 Å². The molecule has 0 bridgehead atoms. The van der Waals surface area contributed by atoms with E-state index in [-0.39, 0.29) is 11.5 Å². The zero-order chi connectivity index (χ0) is 15.7. The van der Waals surface area contributed by atoms with Crippen LogP contribution in [-0.2, 0) is 5.41 Å². The second-order valence-corrected chi connectivity index (χ2v) is 7.10. The van der Waals surface area contributed by atoms with Crippen LogP contribution in [0.4, 0.5) is 4.79 Å². The highest BCUT2D eigenvalue weighted by Gasteiger charge is 2.19. The quantitative estimate of drug-likeness (QED) is 0.845. The number of aromatic nitrogens is 1. The summed E-state index contributed by atoms with van der Waals surface area (Å²) in [5, 5.41) is 1.08. The normalized spacial score (nSPS) is 16.0. The fourth-order valence-electron chi connectivity index (χ4n) is 2.82. The number of H-pyrrole nitrogens is 1. The molecular formula is C18H24N2O2. The zero-order valence-electron chi connectivity index (χ0n) is 13.6. The number of amides is 1. The van der Waals surface area contributed by atoms with Crippen LogP contribution < -0.4 is 4.74 Å². The lowest BCUT2D eigenvalue weighted by molar-refractivity contribution is 0.142. The van der Waals surface area contributed by atoms with Crippen LogP contribution in [0.3, 0.4) is 0 Å². The van der Waals surface area contributed by atoms with Gasteiger partial charge in [0.2, 0.25) is 0 Å². The number of fused-ring (bicyclic) bond motifs is 1. The number of rotatable bonds is 1. The lowest BCUT2D eigenvalue weighted by atomic mass is 9.92. The summed E-state index contributed by atoms with van der Waals surface area (Å²) in [5.74, 6) is 0.613. The average molecular weight is 300 g/mol. The van der Waals surface area contributed by atoms with E-state index in [4.69, 9.17) is 4.74 Å². The van der Waals surface area contributed by atoms with E-state index in [0.29, 0.717) is 5.75 Å². The van der Waals surface area contributed by atoms with Crippen molar-refractivity contribution in [2.75, 3.05) is 13.1 Å². The summed E-state index contributed by atoms with van der Waals surface area (Å²) < 4.78 is 5.53. The lowest BCUT2D eigenvalue weighted by Crippen LogP contribution is -2.37. The van der Waals surface area contributed by atoms with E-state index in [1.165, 1.54) is 12.1 Å². The Labute approximate surface area is 131 Å². The van der Waals surface area contributed by atoms with Gasteiger partial charge in [0.05, 0.1) is 0 Å². The Balaban J connectivity index is 1.78. The largest absolute Gasteiger partial charge is 0.415 e. The van der Waals surface area contributed by atoms with Crippen molar-refractivity contribution in [1.82, 2.24) is 9.88 Å². The van der Waals surface area contributed by atoms with E-state index in [0.717, 1.165) is 36.8 Å². The Morgan fingerprint density at radius 1 is 1.14 bits per heavy atom. The smallest absolute Gasteiger partial charge is 0.410 e. The van der Waals surface area contributed by atoms with Crippen molar-refractivity contribution in [1.29, 1.82) is 0 Å². The molecule has 0 saturated carbocycles. The number of hydrogen-bond acceptors (Lipinski definition) is 2. The molecule has 118 valence electrons. The maximum Gasteiger partial charge on any atom is 0.415 e. The van der Waals surface area contributed by atoms with Gasteiger partial charge in [0.15, 0.2) is 0 Å². The van der Waals surface area contributed by atoms with Crippen LogP contribution >= 0.6 is 0 Å². The van der Waals surface area contributed by atoms with Crippen molar-refractivity contribution in [3.63, 3.8) is 0 Å². The highest BCUT2D eigenvalue weighted by Crippen LogP contribution is 2.28. The predicted octanol–water partition coefficient (Wildman–Crippen LogP) is 4.45. The lowest BCUT2D eigenvalue weighted by Gasteiger charge is -2.25. The van der Waals surface area contributed by atoms with Crippen LogP contribution in [0.2, 0.25) is 0 Å². The maximum absolute atomic E-state index is 12.2. The number of nitrogens with one attached hydrogen (secondary N) is 1. The van der Waals surface area contributed by atoms with Crippen molar-refractivity contribution in [2.24, 2.45) is 0 Å². The monoisotopic (exact) mass is 300 g/mol. The van der Waals surface area contributed by atoms with Crippen molar-refractivity contribution in [3.8, 4) is 5.75 Å². The van der Waals surface area contributed by atoms with E-state index < -0.39 is 0 Å². The molecule has 1 amide bonds. The summed E-state index contributed by atoms with van der Waals surface area (Å²) in [6, 6.07) is 7.90. The average Bonchev–Trinajstić information content (AvgIpc) is 2.91. The van der Waals surface area contributed by atoms with E-state index >= 15 is 0 Å². The number of ether oxygens (including phenoxy) is 1.